The molecule has 10 nitrogen and oxygen atoms in total. The Morgan fingerprint density at radius 3 is 2.33 bits per heavy atom. The van der Waals surface area contributed by atoms with Crippen molar-refractivity contribution in [2.24, 2.45) is 11.7 Å². The van der Waals surface area contributed by atoms with Crippen LogP contribution in [0.2, 0.25) is 0 Å². The quantitative estimate of drug-likeness (QED) is 0.319. The molecule has 154 valence electrons. The van der Waals surface area contributed by atoms with Gasteiger partial charge in [-0.15, -0.1) is 0 Å². The van der Waals surface area contributed by atoms with Crippen LogP contribution in [0.5, 0.6) is 0 Å². The van der Waals surface area contributed by atoms with E-state index in [4.69, 9.17) is 10.8 Å². The van der Waals surface area contributed by atoms with Gasteiger partial charge in [0.25, 0.3) is 0 Å². The van der Waals surface area contributed by atoms with E-state index in [1.807, 2.05) is 13.8 Å². The molecule has 1 fully saturated rings. The number of carboxylic acids is 1. The topological polar surface area (TPSA) is 162 Å². The highest BCUT2D eigenvalue weighted by atomic mass is 16.4. The first-order valence-corrected chi connectivity index (χ1v) is 9.08. The van der Waals surface area contributed by atoms with E-state index in [1.165, 1.54) is 11.8 Å². The molecule has 1 aliphatic heterocycles. The van der Waals surface area contributed by atoms with E-state index in [0.717, 1.165) is 0 Å². The fraction of sp³-hybridized carbons (Fsp3) is 0.765. The van der Waals surface area contributed by atoms with Crippen LogP contribution in [-0.4, -0.2) is 76.1 Å². The molecule has 0 spiro atoms. The molecule has 1 heterocycles. The number of hydrogen-bond acceptors (Lipinski definition) is 6. The van der Waals surface area contributed by atoms with Crippen molar-refractivity contribution in [1.29, 1.82) is 0 Å². The van der Waals surface area contributed by atoms with Crippen LogP contribution < -0.4 is 16.4 Å². The molecule has 1 rings (SSSR count). The molecule has 0 aromatic heterocycles. The number of carbonyl (C=O) groups is 4. The van der Waals surface area contributed by atoms with Crippen molar-refractivity contribution in [2.45, 2.75) is 64.2 Å². The molecular weight excluding hydrogens is 356 g/mol. The molecule has 0 bridgehead atoms. The van der Waals surface area contributed by atoms with Crippen molar-refractivity contribution >= 4 is 23.7 Å². The molecule has 6 N–H and O–H groups in total. The number of carbonyl (C=O) groups excluding carboxylic acids is 3. The fourth-order valence-electron chi connectivity index (χ4n) is 2.95. The third-order valence-corrected chi connectivity index (χ3v) is 4.43. The van der Waals surface area contributed by atoms with Gasteiger partial charge in [0.05, 0.1) is 12.6 Å². The molecule has 1 aliphatic rings. The average molecular weight is 386 g/mol. The van der Waals surface area contributed by atoms with Gasteiger partial charge in [0.2, 0.25) is 17.7 Å². The standard InChI is InChI=1S/C17H30N4O6/c1-9(2)7-11(18)14(23)20-12(8-22)16(25)21-6-4-5-13(21)15(24)19-10(3)17(26)27/h9-13,22H,4-8,18H2,1-3H3,(H,19,24)(H,20,23)(H,26,27). The average Bonchev–Trinajstić information content (AvgIpc) is 3.07. The van der Waals surface area contributed by atoms with Gasteiger partial charge in [-0.3, -0.25) is 19.2 Å². The molecule has 0 saturated carbocycles. The Balaban J connectivity index is 2.76. The first-order chi connectivity index (χ1) is 12.6. The number of aliphatic hydroxyl groups is 1. The molecule has 0 aliphatic carbocycles. The smallest absolute Gasteiger partial charge is 0.325 e. The van der Waals surface area contributed by atoms with Gasteiger partial charge in [0, 0.05) is 6.54 Å². The minimum Gasteiger partial charge on any atom is -0.480 e. The Hall–Kier alpha value is -2.20. The largest absolute Gasteiger partial charge is 0.480 e. The molecule has 1 saturated heterocycles. The predicted molar refractivity (Wildman–Crippen MR) is 96.4 cm³/mol. The normalized spacial score (nSPS) is 20.1. The first-order valence-electron chi connectivity index (χ1n) is 9.08. The zero-order chi connectivity index (χ0) is 20.7. The highest BCUT2D eigenvalue weighted by Crippen LogP contribution is 2.19. The van der Waals surface area contributed by atoms with Crippen molar-refractivity contribution in [3.05, 3.63) is 0 Å². The number of rotatable bonds is 9. The maximum atomic E-state index is 12.7. The number of hydrogen-bond donors (Lipinski definition) is 5. The van der Waals surface area contributed by atoms with Crippen LogP contribution in [0, 0.1) is 5.92 Å². The molecule has 0 aromatic carbocycles. The fourth-order valence-corrected chi connectivity index (χ4v) is 2.95. The summed E-state index contributed by atoms with van der Waals surface area (Å²) in [4.78, 5) is 49.3. The Morgan fingerprint density at radius 2 is 1.81 bits per heavy atom. The van der Waals surface area contributed by atoms with E-state index in [9.17, 15) is 24.3 Å². The van der Waals surface area contributed by atoms with Crippen LogP contribution in [0.15, 0.2) is 0 Å². The van der Waals surface area contributed by atoms with Gasteiger partial charge < -0.3 is 31.5 Å². The van der Waals surface area contributed by atoms with Crippen molar-refractivity contribution in [1.82, 2.24) is 15.5 Å². The Kier molecular flexibility index (Phi) is 8.64. The third-order valence-electron chi connectivity index (χ3n) is 4.43. The molecular formula is C17H30N4O6. The number of aliphatic hydroxyl groups excluding tert-OH is 1. The molecule has 4 unspecified atom stereocenters. The lowest BCUT2D eigenvalue weighted by molar-refractivity contribution is -0.145. The summed E-state index contributed by atoms with van der Waals surface area (Å²) in [6.45, 7) is 4.80. The molecule has 0 aromatic rings. The van der Waals surface area contributed by atoms with E-state index >= 15 is 0 Å². The van der Waals surface area contributed by atoms with Crippen LogP contribution in [0.3, 0.4) is 0 Å². The second-order valence-corrected chi connectivity index (χ2v) is 7.24. The molecule has 4 atom stereocenters. The lowest BCUT2D eigenvalue weighted by atomic mass is 10.0. The number of carboxylic acid groups (broad SMARTS) is 1. The van der Waals surface area contributed by atoms with Gasteiger partial charge in [0.15, 0.2) is 0 Å². The van der Waals surface area contributed by atoms with E-state index in [-0.39, 0.29) is 12.5 Å². The van der Waals surface area contributed by atoms with Gasteiger partial charge in [-0.05, 0) is 32.1 Å². The maximum Gasteiger partial charge on any atom is 0.325 e. The predicted octanol–water partition coefficient (Wildman–Crippen LogP) is -1.58. The molecule has 27 heavy (non-hydrogen) atoms. The number of amides is 3. The summed E-state index contributed by atoms with van der Waals surface area (Å²) in [7, 11) is 0. The lowest BCUT2D eigenvalue weighted by Crippen LogP contribution is -2.57. The van der Waals surface area contributed by atoms with Crippen LogP contribution >= 0.6 is 0 Å². The third kappa shape index (κ3) is 6.47. The Bertz CT molecular complexity index is 568. The van der Waals surface area contributed by atoms with Crippen LogP contribution in [0.1, 0.15) is 40.0 Å². The number of nitrogens with one attached hydrogen (secondary N) is 2. The van der Waals surface area contributed by atoms with Gasteiger partial charge in [-0.2, -0.15) is 0 Å². The molecule has 3 amide bonds. The van der Waals surface area contributed by atoms with Gasteiger partial charge in [-0.1, -0.05) is 13.8 Å². The van der Waals surface area contributed by atoms with Gasteiger partial charge >= 0.3 is 5.97 Å². The summed E-state index contributed by atoms with van der Waals surface area (Å²) < 4.78 is 0. The Morgan fingerprint density at radius 1 is 1.19 bits per heavy atom. The van der Waals surface area contributed by atoms with Gasteiger partial charge in [-0.25, -0.2) is 0 Å². The second kappa shape index (κ2) is 10.2. The van der Waals surface area contributed by atoms with Crippen LogP contribution in [-0.2, 0) is 19.2 Å². The van der Waals surface area contributed by atoms with E-state index in [2.05, 4.69) is 10.6 Å². The second-order valence-electron chi connectivity index (χ2n) is 7.24. The van der Waals surface area contributed by atoms with Crippen LogP contribution in [0.4, 0.5) is 0 Å². The zero-order valence-electron chi connectivity index (χ0n) is 16.0. The summed E-state index contributed by atoms with van der Waals surface area (Å²) in [5, 5.41) is 23.2. The van der Waals surface area contributed by atoms with Crippen molar-refractivity contribution in [3.63, 3.8) is 0 Å². The van der Waals surface area contributed by atoms with E-state index in [1.54, 1.807) is 0 Å². The number of likely N-dealkylation sites (tertiary alicyclic amines) is 1. The van der Waals surface area contributed by atoms with Crippen molar-refractivity contribution in [3.8, 4) is 0 Å². The first kappa shape index (κ1) is 22.8. The minimum absolute atomic E-state index is 0.192. The van der Waals surface area contributed by atoms with Crippen molar-refractivity contribution < 1.29 is 29.4 Å². The SMILES string of the molecule is CC(C)CC(N)C(=O)NC(CO)C(=O)N1CCCC1C(=O)NC(C)C(=O)O. The Labute approximate surface area is 158 Å². The van der Waals surface area contributed by atoms with E-state index < -0.39 is 54.5 Å². The minimum atomic E-state index is -1.21. The summed E-state index contributed by atoms with van der Waals surface area (Å²) >= 11 is 0. The number of aliphatic carboxylic acids is 1. The number of nitrogens with two attached hydrogens (primary N) is 1. The monoisotopic (exact) mass is 386 g/mol. The highest BCUT2D eigenvalue weighted by molar-refractivity contribution is 5.94. The highest BCUT2D eigenvalue weighted by Gasteiger charge is 2.38. The maximum absolute atomic E-state index is 12.7. The lowest BCUT2D eigenvalue weighted by Gasteiger charge is -2.29. The number of nitrogens with zero attached hydrogens (tertiary/aromatic N) is 1. The molecule has 0 radical (unpaired) electrons. The molecule has 10 heteroatoms. The van der Waals surface area contributed by atoms with Crippen LogP contribution in [0.25, 0.3) is 0 Å². The summed E-state index contributed by atoms with van der Waals surface area (Å²) in [6.07, 6.45) is 1.37. The summed E-state index contributed by atoms with van der Waals surface area (Å²) in [6, 6.07) is -3.94. The summed E-state index contributed by atoms with van der Waals surface area (Å²) in [5.74, 6) is -2.70. The zero-order valence-corrected chi connectivity index (χ0v) is 16.0. The summed E-state index contributed by atoms with van der Waals surface area (Å²) in [5.41, 5.74) is 5.80. The van der Waals surface area contributed by atoms with E-state index in [0.29, 0.717) is 19.3 Å². The van der Waals surface area contributed by atoms with Crippen molar-refractivity contribution in [2.75, 3.05) is 13.2 Å². The van der Waals surface area contributed by atoms with Gasteiger partial charge in [0.1, 0.15) is 18.1 Å².